The Hall–Kier alpha value is -3.80. The summed E-state index contributed by atoms with van der Waals surface area (Å²) in [6.45, 7) is 4.98. The molecule has 2 amide bonds. The van der Waals surface area contributed by atoms with Crippen LogP contribution >= 0.6 is 0 Å². The summed E-state index contributed by atoms with van der Waals surface area (Å²) in [6.07, 6.45) is 0. The van der Waals surface area contributed by atoms with Crippen molar-refractivity contribution in [2.45, 2.75) is 13.8 Å². The van der Waals surface area contributed by atoms with Gasteiger partial charge >= 0.3 is 0 Å². The van der Waals surface area contributed by atoms with E-state index in [1.807, 2.05) is 13.8 Å². The average molecular weight is 404 g/mol. The van der Waals surface area contributed by atoms with E-state index in [1.165, 1.54) is 0 Å². The zero-order valence-corrected chi connectivity index (χ0v) is 17.0. The van der Waals surface area contributed by atoms with Crippen molar-refractivity contribution < 1.29 is 19.1 Å². The number of hydrogen-bond donors (Lipinski definition) is 2. The van der Waals surface area contributed by atoms with E-state index < -0.39 is 0 Å². The van der Waals surface area contributed by atoms with Gasteiger partial charge in [-0.05, 0) is 80.6 Å². The summed E-state index contributed by atoms with van der Waals surface area (Å²) in [5, 5.41) is 5.64. The predicted molar refractivity (Wildman–Crippen MR) is 118 cm³/mol. The molecule has 0 atom stereocenters. The SMILES string of the molecule is CCOc1ccc(NC(=O)c2cccc(C(=O)Nc3ccc(OCC)cc3)c2)cc1. The number of ether oxygens (including phenoxy) is 2. The average Bonchev–Trinajstić information content (AvgIpc) is 2.77. The van der Waals surface area contributed by atoms with Crippen molar-refractivity contribution in [2.75, 3.05) is 23.8 Å². The molecular weight excluding hydrogens is 380 g/mol. The van der Waals surface area contributed by atoms with Crippen LogP contribution in [-0.2, 0) is 0 Å². The second kappa shape index (κ2) is 10.1. The molecule has 0 saturated heterocycles. The first-order chi connectivity index (χ1) is 14.6. The maximum atomic E-state index is 12.6. The Morgan fingerprint density at radius 1 is 0.667 bits per heavy atom. The lowest BCUT2D eigenvalue weighted by molar-refractivity contribution is 0.102. The van der Waals surface area contributed by atoms with Crippen LogP contribution in [0, 0.1) is 0 Å². The fraction of sp³-hybridized carbons (Fsp3) is 0.167. The fourth-order valence-corrected chi connectivity index (χ4v) is 2.81. The topological polar surface area (TPSA) is 76.7 Å². The number of anilines is 2. The second-order valence-electron chi connectivity index (χ2n) is 6.40. The Bertz CT molecular complexity index is 920. The van der Waals surface area contributed by atoms with Crippen LogP contribution in [0.4, 0.5) is 11.4 Å². The summed E-state index contributed by atoms with van der Waals surface area (Å²) in [7, 11) is 0. The molecule has 0 heterocycles. The van der Waals surface area contributed by atoms with E-state index in [2.05, 4.69) is 10.6 Å². The first-order valence-electron chi connectivity index (χ1n) is 9.77. The van der Waals surface area contributed by atoms with Crippen LogP contribution in [0.25, 0.3) is 0 Å². The molecular formula is C24H24N2O4. The highest BCUT2D eigenvalue weighted by Crippen LogP contribution is 2.18. The fourth-order valence-electron chi connectivity index (χ4n) is 2.81. The number of rotatable bonds is 8. The highest BCUT2D eigenvalue weighted by Gasteiger charge is 2.11. The van der Waals surface area contributed by atoms with Crippen LogP contribution in [-0.4, -0.2) is 25.0 Å². The van der Waals surface area contributed by atoms with Crippen molar-refractivity contribution in [3.63, 3.8) is 0 Å². The van der Waals surface area contributed by atoms with Gasteiger partial charge in [-0.2, -0.15) is 0 Å². The molecule has 0 unspecified atom stereocenters. The molecule has 0 fully saturated rings. The van der Waals surface area contributed by atoms with Crippen molar-refractivity contribution in [1.82, 2.24) is 0 Å². The van der Waals surface area contributed by atoms with Gasteiger partial charge in [-0.25, -0.2) is 0 Å². The first kappa shape index (κ1) is 20.9. The molecule has 3 rings (SSSR count). The van der Waals surface area contributed by atoms with Gasteiger partial charge < -0.3 is 20.1 Å². The number of nitrogens with one attached hydrogen (secondary N) is 2. The van der Waals surface area contributed by atoms with Gasteiger partial charge in [0.2, 0.25) is 0 Å². The zero-order chi connectivity index (χ0) is 21.3. The quantitative estimate of drug-likeness (QED) is 0.555. The van der Waals surface area contributed by atoms with E-state index in [9.17, 15) is 9.59 Å². The minimum absolute atomic E-state index is 0.296. The summed E-state index contributed by atoms with van der Waals surface area (Å²) in [5.41, 5.74) is 2.08. The largest absolute Gasteiger partial charge is 0.494 e. The summed E-state index contributed by atoms with van der Waals surface area (Å²) in [4.78, 5) is 25.1. The summed E-state index contributed by atoms with van der Waals surface area (Å²) in [6, 6.07) is 20.8. The van der Waals surface area contributed by atoms with Crippen LogP contribution in [0.1, 0.15) is 34.6 Å². The maximum absolute atomic E-state index is 12.6. The van der Waals surface area contributed by atoms with Crippen molar-refractivity contribution in [2.24, 2.45) is 0 Å². The molecule has 30 heavy (non-hydrogen) atoms. The zero-order valence-electron chi connectivity index (χ0n) is 17.0. The monoisotopic (exact) mass is 404 g/mol. The van der Waals surface area contributed by atoms with Crippen molar-refractivity contribution in [3.8, 4) is 11.5 Å². The molecule has 2 N–H and O–H groups in total. The van der Waals surface area contributed by atoms with Gasteiger partial charge in [-0.1, -0.05) is 6.07 Å². The maximum Gasteiger partial charge on any atom is 0.255 e. The highest BCUT2D eigenvalue weighted by molar-refractivity contribution is 6.08. The van der Waals surface area contributed by atoms with Crippen LogP contribution in [0.2, 0.25) is 0 Å². The van der Waals surface area contributed by atoms with Gasteiger partial charge in [0.25, 0.3) is 11.8 Å². The Labute approximate surface area is 175 Å². The Balaban J connectivity index is 1.65. The normalized spacial score (nSPS) is 10.2. The van der Waals surface area contributed by atoms with Crippen LogP contribution in [0.3, 0.4) is 0 Å². The number of carbonyl (C=O) groups excluding carboxylic acids is 2. The summed E-state index contributed by atoms with van der Waals surface area (Å²) >= 11 is 0. The van der Waals surface area contributed by atoms with Gasteiger partial charge in [-0.3, -0.25) is 9.59 Å². The molecule has 3 aromatic carbocycles. The lowest BCUT2D eigenvalue weighted by Gasteiger charge is -2.09. The Morgan fingerprint density at radius 3 is 1.43 bits per heavy atom. The number of carbonyl (C=O) groups is 2. The van der Waals surface area contributed by atoms with E-state index in [0.29, 0.717) is 35.7 Å². The van der Waals surface area contributed by atoms with Crippen LogP contribution in [0.15, 0.2) is 72.8 Å². The second-order valence-corrected chi connectivity index (χ2v) is 6.40. The minimum Gasteiger partial charge on any atom is -0.494 e. The van der Waals surface area contributed by atoms with Gasteiger partial charge in [0.1, 0.15) is 11.5 Å². The van der Waals surface area contributed by atoms with Gasteiger partial charge in [0.15, 0.2) is 0 Å². The number of hydrogen-bond acceptors (Lipinski definition) is 4. The third-order valence-corrected chi connectivity index (χ3v) is 4.23. The molecule has 0 aromatic heterocycles. The smallest absolute Gasteiger partial charge is 0.255 e. The van der Waals surface area contributed by atoms with E-state index in [4.69, 9.17) is 9.47 Å². The van der Waals surface area contributed by atoms with Gasteiger partial charge in [0.05, 0.1) is 13.2 Å². The van der Waals surface area contributed by atoms with Gasteiger partial charge in [0, 0.05) is 22.5 Å². The third-order valence-electron chi connectivity index (χ3n) is 4.23. The highest BCUT2D eigenvalue weighted by atomic mass is 16.5. The van der Waals surface area contributed by atoms with Gasteiger partial charge in [-0.15, -0.1) is 0 Å². The van der Waals surface area contributed by atoms with E-state index in [0.717, 1.165) is 11.5 Å². The lowest BCUT2D eigenvalue weighted by atomic mass is 10.1. The number of amides is 2. The van der Waals surface area contributed by atoms with Crippen molar-refractivity contribution in [3.05, 3.63) is 83.9 Å². The first-order valence-corrected chi connectivity index (χ1v) is 9.77. The molecule has 0 radical (unpaired) electrons. The van der Waals surface area contributed by atoms with E-state index in [-0.39, 0.29) is 11.8 Å². The molecule has 154 valence electrons. The lowest BCUT2D eigenvalue weighted by Crippen LogP contribution is -2.15. The predicted octanol–water partition coefficient (Wildman–Crippen LogP) is 4.99. The third kappa shape index (κ3) is 5.61. The van der Waals surface area contributed by atoms with E-state index in [1.54, 1.807) is 72.8 Å². The van der Waals surface area contributed by atoms with Crippen LogP contribution < -0.4 is 20.1 Å². The van der Waals surface area contributed by atoms with Crippen molar-refractivity contribution in [1.29, 1.82) is 0 Å². The molecule has 0 aliphatic carbocycles. The molecule has 0 saturated carbocycles. The standard InChI is InChI=1S/C24H24N2O4/c1-3-29-21-12-8-19(9-13-21)25-23(27)17-6-5-7-18(16-17)24(28)26-20-10-14-22(15-11-20)30-4-2/h5-16H,3-4H2,1-2H3,(H,25,27)(H,26,28). The molecule has 0 aliphatic rings. The summed E-state index contributed by atoms with van der Waals surface area (Å²) in [5.74, 6) is 0.886. The molecule has 3 aromatic rings. The molecule has 6 nitrogen and oxygen atoms in total. The van der Waals surface area contributed by atoms with E-state index >= 15 is 0 Å². The Kier molecular flexibility index (Phi) is 7.05. The van der Waals surface area contributed by atoms with Crippen LogP contribution in [0.5, 0.6) is 11.5 Å². The minimum atomic E-state index is -0.296. The number of benzene rings is 3. The molecule has 0 bridgehead atoms. The molecule has 0 aliphatic heterocycles. The molecule has 6 heteroatoms. The molecule has 0 spiro atoms. The summed E-state index contributed by atoms with van der Waals surface area (Å²) < 4.78 is 10.8. The van der Waals surface area contributed by atoms with Crippen molar-refractivity contribution >= 4 is 23.2 Å². The Morgan fingerprint density at radius 2 is 1.07 bits per heavy atom.